The Kier molecular flexibility index (Phi) is 5.19. The monoisotopic (exact) mass is 308 g/mol. The van der Waals surface area contributed by atoms with Crippen LogP contribution in [0.1, 0.15) is 23.1 Å². The largest absolute Gasteiger partial charge is 0.381 e. The normalized spacial score (nSPS) is 22.0. The van der Waals surface area contributed by atoms with Crippen molar-refractivity contribution in [2.24, 2.45) is 0 Å². The van der Waals surface area contributed by atoms with Crippen molar-refractivity contribution < 1.29 is 13.9 Å². The van der Waals surface area contributed by atoms with Gasteiger partial charge in [0.1, 0.15) is 5.67 Å². The van der Waals surface area contributed by atoms with E-state index in [0.717, 1.165) is 16.8 Å². The molecule has 1 aliphatic rings. The first kappa shape index (κ1) is 16.9. The van der Waals surface area contributed by atoms with Gasteiger partial charge in [-0.15, -0.1) is 0 Å². The number of nitrogens with zero attached hydrogens (tertiary/aromatic N) is 1. The lowest BCUT2D eigenvalue weighted by Crippen LogP contribution is -2.37. The molecule has 1 amide bonds. The minimum Gasteiger partial charge on any atom is -0.381 e. The Morgan fingerprint density at radius 2 is 2.00 bits per heavy atom. The lowest BCUT2D eigenvalue weighted by atomic mass is 10.1. The highest BCUT2D eigenvalue weighted by molar-refractivity contribution is 5.93. The molecule has 4 nitrogen and oxygen atoms in total. The minimum absolute atomic E-state index is 0.0846. The van der Waals surface area contributed by atoms with Crippen molar-refractivity contribution in [3.05, 3.63) is 28.8 Å². The average Bonchev–Trinajstić information content (AvgIpc) is 2.75. The molecule has 1 aliphatic heterocycles. The van der Waals surface area contributed by atoms with Crippen LogP contribution in [0.3, 0.4) is 0 Å². The predicted octanol–water partition coefficient (Wildman–Crippen LogP) is 2.61. The number of carbonyl (C=O) groups excluding carboxylic acids is 1. The van der Waals surface area contributed by atoms with E-state index in [-0.39, 0.29) is 25.6 Å². The van der Waals surface area contributed by atoms with Gasteiger partial charge in [0.2, 0.25) is 5.91 Å². The van der Waals surface area contributed by atoms with E-state index >= 15 is 0 Å². The van der Waals surface area contributed by atoms with Crippen LogP contribution >= 0.6 is 0 Å². The van der Waals surface area contributed by atoms with Crippen molar-refractivity contribution in [1.82, 2.24) is 4.90 Å². The van der Waals surface area contributed by atoms with Crippen molar-refractivity contribution in [2.45, 2.75) is 32.9 Å². The highest BCUT2D eigenvalue weighted by atomic mass is 19.1. The van der Waals surface area contributed by atoms with Crippen LogP contribution in [0.4, 0.5) is 10.1 Å². The van der Waals surface area contributed by atoms with Crippen molar-refractivity contribution in [3.8, 4) is 0 Å². The smallest absolute Gasteiger partial charge is 0.238 e. The summed E-state index contributed by atoms with van der Waals surface area (Å²) in [4.78, 5) is 14.1. The lowest BCUT2D eigenvalue weighted by Gasteiger charge is -2.20. The Hall–Kier alpha value is -1.46. The molecule has 1 aromatic rings. The molecule has 0 saturated carbocycles. The fraction of sp³-hybridized carbons (Fsp3) is 0.588. The molecule has 1 atom stereocenters. The highest BCUT2D eigenvalue weighted by Gasteiger charge is 2.38. The number of aryl methyl sites for hydroxylation is 3. The molecule has 0 radical (unpaired) electrons. The van der Waals surface area contributed by atoms with Gasteiger partial charge in [-0.25, -0.2) is 4.39 Å². The number of halogens is 1. The molecule has 0 aromatic heterocycles. The summed E-state index contributed by atoms with van der Waals surface area (Å²) < 4.78 is 19.2. The third-order valence-electron chi connectivity index (χ3n) is 4.09. The van der Waals surface area contributed by atoms with Crippen LogP contribution in [-0.2, 0) is 9.53 Å². The molecule has 0 spiro atoms. The molecule has 1 fully saturated rings. The topological polar surface area (TPSA) is 41.6 Å². The van der Waals surface area contributed by atoms with E-state index in [4.69, 9.17) is 4.74 Å². The Morgan fingerprint density at radius 1 is 1.36 bits per heavy atom. The standard InChI is InChI=1S/C17H25FN2O2/c1-12-7-13(2)16(14(3)8-12)19-15(21)9-20-6-5-17(18,10-20)11-22-4/h7-8H,5-6,9-11H2,1-4H3,(H,19,21). The van der Waals surface area contributed by atoms with Crippen molar-refractivity contribution >= 4 is 11.6 Å². The van der Waals surface area contributed by atoms with Gasteiger partial charge in [0.05, 0.1) is 13.2 Å². The van der Waals surface area contributed by atoms with Crippen LogP contribution in [0.2, 0.25) is 0 Å². The van der Waals surface area contributed by atoms with Crippen LogP contribution in [0.5, 0.6) is 0 Å². The number of ether oxygens (including phenoxy) is 1. The zero-order valence-electron chi connectivity index (χ0n) is 13.8. The summed E-state index contributed by atoms with van der Waals surface area (Å²) in [6.07, 6.45) is 0.413. The molecular weight excluding hydrogens is 283 g/mol. The van der Waals surface area contributed by atoms with E-state index in [2.05, 4.69) is 5.32 Å². The number of hydrogen-bond acceptors (Lipinski definition) is 3. The van der Waals surface area contributed by atoms with E-state index in [1.165, 1.54) is 12.7 Å². The SMILES string of the molecule is COCC1(F)CCN(CC(=O)Nc2c(C)cc(C)cc2C)C1. The highest BCUT2D eigenvalue weighted by Crippen LogP contribution is 2.26. The number of anilines is 1. The summed E-state index contributed by atoms with van der Waals surface area (Å²) in [5, 5.41) is 2.96. The number of rotatable bonds is 5. The lowest BCUT2D eigenvalue weighted by molar-refractivity contribution is -0.117. The number of methoxy groups -OCH3 is 1. The molecule has 2 rings (SSSR count). The molecule has 1 N–H and O–H groups in total. The zero-order chi connectivity index (χ0) is 16.3. The number of hydrogen-bond donors (Lipinski definition) is 1. The van der Waals surface area contributed by atoms with E-state index in [0.29, 0.717) is 13.0 Å². The summed E-state index contributed by atoms with van der Waals surface area (Å²) in [5.41, 5.74) is 2.80. The second-order valence-corrected chi connectivity index (χ2v) is 6.37. The molecule has 1 saturated heterocycles. The Bertz CT molecular complexity index is 539. The number of likely N-dealkylation sites (tertiary alicyclic amines) is 1. The Morgan fingerprint density at radius 3 is 2.59 bits per heavy atom. The van der Waals surface area contributed by atoms with Crippen molar-refractivity contribution in [2.75, 3.05) is 38.7 Å². The molecule has 5 heteroatoms. The van der Waals surface area contributed by atoms with E-state index in [9.17, 15) is 9.18 Å². The molecule has 22 heavy (non-hydrogen) atoms. The molecule has 1 unspecified atom stereocenters. The maximum absolute atomic E-state index is 14.3. The van der Waals surface area contributed by atoms with Gasteiger partial charge >= 0.3 is 0 Å². The molecule has 0 bridgehead atoms. The van der Waals surface area contributed by atoms with Gasteiger partial charge in [0.15, 0.2) is 0 Å². The first-order chi connectivity index (χ1) is 10.3. The zero-order valence-corrected chi connectivity index (χ0v) is 13.8. The average molecular weight is 308 g/mol. The summed E-state index contributed by atoms with van der Waals surface area (Å²) in [6, 6.07) is 4.09. The third-order valence-corrected chi connectivity index (χ3v) is 4.09. The quantitative estimate of drug-likeness (QED) is 0.909. The van der Waals surface area contributed by atoms with E-state index in [1.54, 1.807) is 0 Å². The van der Waals surface area contributed by atoms with Crippen LogP contribution < -0.4 is 5.32 Å². The number of alkyl halides is 1. The molecule has 0 aliphatic carbocycles. The van der Waals surface area contributed by atoms with E-state index in [1.807, 2.05) is 37.8 Å². The van der Waals surface area contributed by atoms with Gasteiger partial charge in [0.25, 0.3) is 0 Å². The van der Waals surface area contributed by atoms with E-state index < -0.39 is 5.67 Å². The third kappa shape index (κ3) is 4.05. The molecule has 1 aromatic carbocycles. The Labute approximate surface area is 131 Å². The maximum Gasteiger partial charge on any atom is 0.238 e. The second kappa shape index (κ2) is 6.75. The van der Waals surface area contributed by atoms with Crippen LogP contribution in [0.15, 0.2) is 12.1 Å². The summed E-state index contributed by atoms with van der Waals surface area (Å²) in [5.74, 6) is -0.100. The van der Waals surface area contributed by atoms with Gasteiger partial charge in [-0.1, -0.05) is 17.7 Å². The van der Waals surface area contributed by atoms with Crippen molar-refractivity contribution in [3.63, 3.8) is 0 Å². The van der Waals surface area contributed by atoms with Crippen LogP contribution in [-0.4, -0.2) is 49.8 Å². The van der Waals surface area contributed by atoms with Crippen molar-refractivity contribution in [1.29, 1.82) is 0 Å². The number of benzene rings is 1. The first-order valence-corrected chi connectivity index (χ1v) is 7.61. The predicted molar refractivity (Wildman–Crippen MR) is 86.1 cm³/mol. The molecule has 1 heterocycles. The maximum atomic E-state index is 14.3. The summed E-state index contributed by atoms with van der Waals surface area (Å²) in [6.45, 7) is 7.13. The van der Waals surface area contributed by atoms with Gasteiger partial charge in [0, 0.05) is 25.9 Å². The van der Waals surface area contributed by atoms with Gasteiger partial charge in [-0.05, 0) is 38.3 Å². The number of carbonyl (C=O) groups is 1. The summed E-state index contributed by atoms with van der Waals surface area (Å²) >= 11 is 0. The minimum atomic E-state index is -1.33. The molecular formula is C17H25FN2O2. The number of nitrogens with one attached hydrogen (secondary N) is 1. The fourth-order valence-electron chi connectivity index (χ4n) is 3.19. The van der Waals surface area contributed by atoms with Gasteiger partial charge < -0.3 is 10.1 Å². The fourth-order valence-corrected chi connectivity index (χ4v) is 3.19. The number of amides is 1. The molecule has 122 valence electrons. The second-order valence-electron chi connectivity index (χ2n) is 6.37. The van der Waals surface area contributed by atoms with Gasteiger partial charge in [-0.2, -0.15) is 0 Å². The first-order valence-electron chi connectivity index (χ1n) is 7.61. The van der Waals surface area contributed by atoms with Crippen LogP contribution in [0.25, 0.3) is 0 Å². The summed E-state index contributed by atoms with van der Waals surface area (Å²) in [7, 11) is 1.50. The Balaban J connectivity index is 1.95. The van der Waals surface area contributed by atoms with Gasteiger partial charge in [-0.3, -0.25) is 9.69 Å². The van der Waals surface area contributed by atoms with Crippen LogP contribution in [0, 0.1) is 20.8 Å².